The first-order valence-corrected chi connectivity index (χ1v) is 10.1. The van der Waals surface area contributed by atoms with Crippen molar-refractivity contribution in [1.82, 2.24) is 15.2 Å². The van der Waals surface area contributed by atoms with Crippen LogP contribution in [0, 0.1) is 12.7 Å². The Morgan fingerprint density at radius 1 is 1.06 bits per heavy atom. The Morgan fingerprint density at radius 3 is 2.48 bits per heavy atom. The first-order chi connectivity index (χ1) is 15.0. The van der Waals surface area contributed by atoms with Crippen LogP contribution in [0.2, 0.25) is 0 Å². The number of carbonyl (C=O) groups is 2. The van der Waals surface area contributed by atoms with Crippen LogP contribution in [0.5, 0.6) is 0 Å². The topological polar surface area (TPSA) is 78.8 Å². The van der Waals surface area contributed by atoms with Gasteiger partial charge in [-0.1, -0.05) is 36.4 Å². The second-order valence-electron chi connectivity index (χ2n) is 7.33. The SMILES string of the molecule is CCN(C(=O)C1=NN(Cc2ccc(F)cc2)C(=O)CC1)c1nnc(C)c2ccccc12. The van der Waals surface area contributed by atoms with Crippen LogP contribution in [0.4, 0.5) is 10.2 Å². The molecule has 0 bridgehead atoms. The molecule has 2 heterocycles. The Hall–Kier alpha value is -3.68. The van der Waals surface area contributed by atoms with E-state index in [-0.39, 0.29) is 42.7 Å². The normalized spacial score (nSPS) is 14.0. The van der Waals surface area contributed by atoms with Gasteiger partial charge in [0.2, 0.25) is 5.91 Å². The van der Waals surface area contributed by atoms with Gasteiger partial charge in [0.15, 0.2) is 5.82 Å². The maximum absolute atomic E-state index is 13.3. The lowest BCUT2D eigenvalue weighted by molar-refractivity contribution is -0.132. The fourth-order valence-corrected chi connectivity index (χ4v) is 3.61. The van der Waals surface area contributed by atoms with Gasteiger partial charge in [0, 0.05) is 30.2 Å². The van der Waals surface area contributed by atoms with Gasteiger partial charge in [0.1, 0.15) is 11.5 Å². The Labute approximate surface area is 179 Å². The predicted molar refractivity (Wildman–Crippen MR) is 116 cm³/mol. The monoisotopic (exact) mass is 419 g/mol. The number of anilines is 1. The number of hydrogen-bond donors (Lipinski definition) is 0. The number of carbonyl (C=O) groups excluding carboxylic acids is 2. The van der Waals surface area contributed by atoms with Gasteiger partial charge in [0.05, 0.1) is 12.2 Å². The van der Waals surface area contributed by atoms with Crippen LogP contribution in [-0.2, 0) is 16.1 Å². The number of aromatic nitrogens is 2. The Balaban J connectivity index is 1.65. The number of fused-ring (bicyclic) bond motifs is 1. The van der Waals surface area contributed by atoms with Gasteiger partial charge in [-0.05, 0) is 31.5 Å². The molecule has 0 atom stereocenters. The number of hydrazone groups is 1. The predicted octanol–water partition coefficient (Wildman–Crippen LogP) is 3.61. The van der Waals surface area contributed by atoms with E-state index >= 15 is 0 Å². The van der Waals surface area contributed by atoms with Crippen molar-refractivity contribution < 1.29 is 14.0 Å². The van der Waals surface area contributed by atoms with Gasteiger partial charge in [0.25, 0.3) is 5.91 Å². The highest BCUT2D eigenvalue weighted by atomic mass is 19.1. The number of aryl methyl sites for hydroxylation is 1. The molecule has 0 radical (unpaired) electrons. The fourth-order valence-electron chi connectivity index (χ4n) is 3.61. The standard InChI is InChI=1S/C23H22FN5O2/c1-3-28(22-19-7-5-4-6-18(19)15(2)25-26-22)23(31)20-12-13-21(30)29(27-20)14-16-8-10-17(24)11-9-16/h4-11H,3,12-14H2,1-2H3. The van der Waals surface area contributed by atoms with Crippen LogP contribution >= 0.6 is 0 Å². The number of rotatable bonds is 5. The van der Waals surface area contributed by atoms with Crippen LogP contribution in [0.3, 0.4) is 0 Å². The lowest BCUT2D eigenvalue weighted by Gasteiger charge is -2.26. The van der Waals surface area contributed by atoms with Crippen molar-refractivity contribution in [2.24, 2.45) is 5.10 Å². The highest BCUT2D eigenvalue weighted by Crippen LogP contribution is 2.26. The van der Waals surface area contributed by atoms with Crippen LogP contribution in [0.1, 0.15) is 31.0 Å². The summed E-state index contributed by atoms with van der Waals surface area (Å²) < 4.78 is 13.2. The van der Waals surface area contributed by atoms with Crippen molar-refractivity contribution in [2.45, 2.75) is 33.2 Å². The van der Waals surface area contributed by atoms with Crippen LogP contribution in [0.25, 0.3) is 10.8 Å². The van der Waals surface area contributed by atoms with Crippen molar-refractivity contribution in [1.29, 1.82) is 0 Å². The van der Waals surface area contributed by atoms with Gasteiger partial charge in [-0.15, -0.1) is 5.10 Å². The zero-order chi connectivity index (χ0) is 22.0. The number of hydrogen-bond acceptors (Lipinski definition) is 5. The Bertz CT molecular complexity index is 1180. The van der Waals surface area contributed by atoms with Crippen molar-refractivity contribution >= 4 is 34.1 Å². The molecule has 0 N–H and O–H groups in total. The minimum atomic E-state index is -0.349. The Morgan fingerprint density at radius 2 is 1.77 bits per heavy atom. The molecule has 0 saturated carbocycles. The third-order valence-corrected chi connectivity index (χ3v) is 5.27. The molecule has 4 rings (SSSR count). The van der Waals surface area contributed by atoms with Crippen molar-refractivity contribution in [3.8, 4) is 0 Å². The molecule has 0 saturated heterocycles. The molecule has 1 aromatic heterocycles. The van der Waals surface area contributed by atoms with Crippen LogP contribution in [0.15, 0.2) is 53.6 Å². The maximum Gasteiger partial charge on any atom is 0.275 e. The van der Waals surface area contributed by atoms with Crippen LogP contribution < -0.4 is 4.90 Å². The van der Waals surface area contributed by atoms with Crippen LogP contribution in [-0.4, -0.2) is 39.3 Å². The summed E-state index contributed by atoms with van der Waals surface area (Å²) in [6.07, 6.45) is 0.439. The number of halogens is 1. The minimum absolute atomic E-state index is 0.176. The molecule has 0 aliphatic carbocycles. The number of amides is 2. The zero-order valence-electron chi connectivity index (χ0n) is 17.4. The molecule has 8 heteroatoms. The summed E-state index contributed by atoms with van der Waals surface area (Å²) in [6, 6.07) is 13.5. The molecule has 0 fully saturated rings. The molecule has 0 unspecified atom stereocenters. The molecule has 7 nitrogen and oxygen atoms in total. The molecular formula is C23H22FN5O2. The highest BCUT2D eigenvalue weighted by Gasteiger charge is 2.29. The molecule has 0 spiro atoms. The maximum atomic E-state index is 13.3. The number of benzene rings is 2. The van der Waals surface area contributed by atoms with E-state index < -0.39 is 0 Å². The summed E-state index contributed by atoms with van der Waals surface area (Å²) in [6.45, 7) is 4.29. The second kappa shape index (κ2) is 8.59. The van der Waals surface area contributed by atoms with E-state index in [2.05, 4.69) is 15.3 Å². The average molecular weight is 419 g/mol. The first kappa shape index (κ1) is 20.6. The lowest BCUT2D eigenvalue weighted by atomic mass is 10.1. The zero-order valence-corrected chi connectivity index (χ0v) is 17.4. The summed E-state index contributed by atoms with van der Waals surface area (Å²) in [5.41, 5.74) is 1.80. The molecular weight excluding hydrogens is 397 g/mol. The summed E-state index contributed by atoms with van der Waals surface area (Å²) in [5.74, 6) is -0.358. The second-order valence-corrected chi connectivity index (χ2v) is 7.33. The summed E-state index contributed by atoms with van der Waals surface area (Å²) in [4.78, 5) is 27.2. The smallest absolute Gasteiger partial charge is 0.275 e. The minimum Gasteiger partial charge on any atom is -0.290 e. The van der Waals surface area contributed by atoms with E-state index in [1.54, 1.807) is 17.0 Å². The molecule has 2 amide bonds. The van der Waals surface area contributed by atoms with E-state index in [1.165, 1.54) is 17.1 Å². The van der Waals surface area contributed by atoms with Crippen molar-refractivity contribution in [3.63, 3.8) is 0 Å². The first-order valence-electron chi connectivity index (χ1n) is 10.1. The summed E-state index contributed by atoms with van der Waals surface area (Å²) >= 11 is 0. The molecule has 1 aliphatic rings. The molecule has 158 valence electrons. The summed E-state index contributed by atoms with van der Waals surface area (Å²) in [7, 11) is 0. The third-order valence-electron chi connectivity index (χ3n) is 5.27. The molecule has 2 aromatic carbocycles. The Kier molecular flexibility index (Phi) is 5.70. The van der Waals surface area contributed by atoms with E-state index in [1.807, 2.05) is 38.1 Å². The van der Waals surface area contributed by atoms with E-state index in [0.717, 1.165) is 22.0 Å². The fraction of sp³-hybridized carbons (Fsp3) is 0.261. The highest BCUT2D eigenvalue weighted by molar-refractivity contribution is 6.44. The van der Waals surface area contributed by atoms with Gasteiger partial charge in [-0.25, -0.2) is 9.40 Å². The van der Waals surface area contributed by atoms with Gasteiger partial charge >= 0.3 is 0 Å². The van der Waals surface area contributed by atoms with Crippen molar-refractivity contribution in [2.75, 3.05) is 11.4 Å². The average Bonchev–Trinajstić information content (AvgIpc) is 2.79. The third kappa shape index (κ3) is 4.14. The molecule has 3 aromatic rings. The van der Waals surface area contributed by atoms with Gasteiger partial charge < -0.3 is 0 Å². The summed E-state index contributed by atoms with van der Waals surface area (Å²) in [5, 5.41) is 15.9. The van der Waals surface area contributed by atoms with E-state index in [9.17, 15) is 14.0 Å². The van der Waals surface area contributed by atoms with Crippen molar-refractivity contribution in [3.05, 3.63) is 65.6 Å². The molecule has 1 aliphatic heterocycles. The van der Waals surface area contributed by atoms with E-state index in [0.29, 0.717) is 12.4 Å². The largest absolute Gasteiger partial charge is 0.290 e. The van der Waals surface area contributed by atoms with Gasteiger partial charge in [-0.3, -0.25) is 14.5 Å². The number of nitrogens with zero attached hydrogens (tertiary/aromatic N) is 5. The van der Waals surface area contributed by atoms with Gasteiger partial charge in [-0.2, -0.15) is 10.2 Å². The molecule has 31 heavy (non-hydrogen) atoms. The van der Waals surface area contributed by atoms with E-state index in [4.69, 9.17) is 0 Å². The lowest BCUT2D eigenvalue weighted by Crippen LogP contribution is -2.42. The quantitative estimate of drug-likeness (QED) is 0.633.